The molecule has 124 valence electrons. The molecule has 1 aromatic carbocycles. The number of carboxylic acids is 1. The SMILES string of the molecule is O=C(O)CCNC(=O)c1cccc(C(=O)NN2CCNCC2)c1. The topological polar surface area (TPSA) is 111 Å². The van der Waals surface area contributed by atoms with E-state index in [0.29, 0.717) is 11.1 Å². The van der Waals surface area contributed by atoms with Crippen molar-refractivity contribution in [3.63, 3.8) is 0 Å². The van der Waals surface area contributed by atoms with Crippen LogP contribution in [0.4, 0.5) is 0 Å². The summed E-state index contributed by atoms with van der Waals surface area (Å²) in [4.78, 5) is 34.6. The highest BCUT2D eigenvalue weighted by molar-refractivity contribution is 5.99. The lowest BCUT2D eigenvalue weighted by molar-refractivity contribution is -0.136. The maximum atomic E-state index is 12.2. The van der Waals surface area contributed by atoms with Crippen molar-refractivity contribution >= 4 is 17.8 Å². The molecule has 0 aliphatic carbocycles. The largest absolute Gasteiger partial charge is 0.481 e. The van der Waals surface area contributed by atoms with Gasteiger partial charge in [0.05, 0.1) is 6.42 Å². The first-order chi connectivity index (χ1) is 11.1. The van der Waals surface area contributed by atoms with Crippen LogP contribution in [0.3, 0.4) is 0 Å². The minimum Gasteiger partial charge on any atom is -0.481 e. The first kappa shape index (κ1) is 16.9. The number of hydrogen-bond donors (Lipinski definition) is 4. The average Bonchev–Trinajstić information content (AvgIpc) is 2.55. The Balaban J connectivity index is 1.93. The summed E-state index contributed by atoms with van der Waals surface area (Å²) in [7, 11) is 0. The number of hydrazine groups is 1. The molecule has 2 amide bonds. The third-order valence-electron chi connectivity index (χ3n) is 3.39. The van der Waals surface area contributed by atoms with E-state index < -0.39 is 11.9 Å². The van der Waals surface area contributed by atoms with Crippen LogP contribution in [-0.4, -0.2) is 60.6 Å². The predicted molar refractivity (Wildman–Crippen MR) is 82.9 cm³/mol. The van der Waals surface area contributed by atoms with E-state index in [1.54, 1.807) is 18.2 Å². The number of benzene rings is 1. The number of piperazine rings is 1. The summed E-state index contributed by atoms with van der Waals surface area (Å²) in [6.45, 7) is 3.12. The van der Waals surface area contributed by atoms with Crippen molar-refractivity contribution in [1.29, 1.82) is 0 Å². The van der Waals surface area contributed by atoms with Gasteiger partial charge in [0.25, 0.3) is 11.8 Å². The van der Waals surface area contributed by atoms with Crippen molar-refractivity contribution in [2.24, 2.45) is 0 Å². The molecule has 1 heterocycles. The van der Waals surface area contributed by atoms with Gasteiger partial charge in [0.15, 0.2) is 0 Å². The summed E-state index contributed by atoms with van der Waals surface area (Å²) in [6.07, 6.45) is -0.144. The summed E-state index contributed by atoms with van der Waals surface area (Å²) in [5.74, 6) is -1.65. The number of nitrogens with one attached hydrogen (secondary N) is 3. The Morgan fingerprint density at radius 3 is 2.43 bits per heavy atom. The molecule has 1 aliphatic heterocycles. The Labute approximate surface area is 133 Å². The second kappa shape index (κ2) is 8.25. The Morgan fingerprint density at radius 2 is 1.78 bits per heavy atom. The monoisotopic (exact) mass is 320 g/mol. The minimum absolute atomic E-state index is 0.0470. The van der Waals surface area contributed by atoms with Crippen LogP contribution in [0.2, 0.25) is 0 Å². The Bertz CT molecular complexity index is 585. The lowest BCUT2D eigenvalue weighted by Gasteiger charge is -2.27. The predicted octanol–water partition coefficient (Wildman–Crippen LogP) is -0.559. The van der Waals surface area contributed by atoms with Crippen LogP contribution in [0.1, 0.15) is 27.1 Å². The van der Waals surface area contributed by atoms with Crippen LogP contribution >= 0.6 is 0 Å². The molecule has 0 atom stereocenters. The highest BCUT2D eigenvalue weighted by Gasteiger charge is 2.15. The number of amides is 2. The summed E-state index contributed by atoms with van der Waals surface area (Å²) >= 11 is 0. The first-order valence-electron chi connectivity index (χ1n) is 7.43. The quantitative estimate of drug-likeness (QED) is 0.559. The van der Waals surface area contributed by atoms with Crippen molar-refractivity contribution in [2.45, 2.75) is 6.42 Å². The number of rotatable bonds is 6. The van der Waals surface area contributed by atoms with E-state index >= 15 is 0 Å². The average molecular weight is 320 g/mol. The van der Waals surface area contributed by atoms with E-state index in [9.17, 15) is 14.4 Å². The molecule has 23 heavy (non-hydrogen) atoms. The van der Waals surface area contributed by atoms with Gasteiger partial charge in [-0.2, -0.15) is 0 Å². The van der Waals surface area contributed by atoms with Crippen LogP contribution in [0.15, 0.2) is 24.3 Å². The van der Waals surface area contributed by atoms with E-state index in [1.807, 2.05) is 5.01 Å². The third kappa shape index (κ3) is 5.35. The molecule has 0 radical (unpaired) electrons. The second-order valence-corrected chi connectivity index (χ2v) is 5.16. The molecular formula is C15H20N4O4. The van der Waals surface area contributed by atoms with Crippen molar-refractivity contribution < 1.29 is 19.5 Å². The lowest BCUT2D eigenvalue weighted by Crippen LogP contribution is -2.52. The van der Waals surface area contributed by atoms with Gasteiger partial charge in [0.1, 0.15) is 0 Å². The highest BCUT2D eigenvalue weighted by Crippen LogP contribution is 2.06. The van der Waals surface area contributed by atoms with Crippen molar-refractivity contribution in [3.8, 4) is 0 Å². The van der Waals surface area contributed by atoms with Crippen molar-refractivity contribution in [2.75, 3.05) is 32.7 Å². The van der Waals surface area contributed by atoms with Gasteiger partial charge in [0.2, 0.25) is 0 Å². The highest BCUT2D eigenvalue weighted by atomic mass is 16.4. The molecule has 0 aromatic heterocycles. The molecule has 1 aliphatic rings. The first-order valence-corrected chi connectivity index (χ1v) is 7.43. The Morgan fingerprint density at radius 1 is 1.13 bits per heavy atom. The Hall–Kier alpha value is -2.45. The fourth-order valence-corrected chi connectivity index (χ4v) is 2.17. The fourth-order valence-electron chi connectivity index (χ4n) is 2.17. The van der Waals surface area contributed by atoms with Gasteiger partial charge in [-0.25, -0.2) is 5.01 Å². The van der Waals surface area contributed by atoms with Gasteiger partial charge in [-0.3, -0.25) is 19.8 Å². The minimum atomic E-state index is -0.977. The van der Waals surface area contributed by atoms with Crippen LogP contribution in [0.25, 0.3) is 0 Å². The van der Waals surface area contributed by atoms with Crippen LogP contribution < -0.4 is 16.1 Å². The molecule has 1 aromatic rings. The maximum Gasteiger partial charge on any atom is 0.305 e. The van der Waals surface area contributed by atoms with Gasteiger partial charge in [-0.1, -0.05) is 6.07 Å². The van der Waals surface area contributed by atoms with E-state index in [-0.39, 0.29) is 18.9 Å². The van der Waals surface area contributed by atoms with E-state index in [2.05, 4.69) is 16.1 Å². The molecule has 0 unspecified atom stereocenters. The van der Waals surface area contributed by atoms with Crippen LogP contribution in [-0.2, 0) is 4.79 Å². The number of carboxylic acid groups (broad SMARTS) is 1. The third-order valence-corrected chi connectivity index (χ3v) is 3.39. The molecule has 8 heteroatoms. The normalized spacial score (nSPS) is 15.0. The molecule has 4 N–H and O–H groups in total. The van der Waals surface area contributed by atoms with Gasteiger partial charge >= 0.3 is 5.97 Å². The van der Waals surface area contributed by atoms with Crippen molar-refractivity contribution in [1.82, 2.24) is 21.1 Å². The summed E-state index contributed by atoms with van der Waals surface area (Å²) in [5, 5.41) is 16.1. The number of carbonyl (C=O) groups excluding carboxylic acids is 2. The molecule has 8 nitrogen and oxygen atoms in total. The zero-order chi connectivity index (χ0) is 16.7. The standard InChI is InChI=1S/C15H20N4O4/c20-13(21)4-5-17-14(22)11-2-1-3-12(10-11)15(23)18-19-8-6-16-7-9-19/h1-3,10,16H,4-9H2,(H,17,22)(H,18,23)(H,20,21). The molecule has 2 rings (SSSR count). The van der Waals surface area contributed by atoms with Crippen LogP contribution in [0.5, 0.6) is 0 Å². The fraction of sp³-hybridized carbons (Fsp3) is 0.400. The van der Waals surface area contributed by atoms with Gasteiger partial charge in [-0.15, -0.1) is 0 Å². The number of nitrogens with zero attached hydrogens (tertiary/aromatic N) is 1. The number of hydrogen-bond acceptors (Lipinski definition) is 5. The molecule has 0 saturated carbocycles. The van der Waals surface area contributed by atoms with Crippen molar-refractivity contribution in [3.05, 3.63) is 35.4 Å². The van der Waals surface area contributed by atoms with Gasteiger partial charge in [0, 0.05) is 43.9 Å². The summed E-state index contributed by atoms with van der Waals surface area (Å²) in [6, 6.07) is 6.33. The summed E-state index contributed by atoms with van der Waals surface area (Å²) < 4.78 is 0. The van der Waals surface area contributed by atoms with Gasteiger partial charge < -0.3 is 15.7 Å². The maximum absolute atomic E-state index is 12.2. The number of aliphatic carboxylic acids is 1. The second-order valence-electron chi connectivity index (χ2n) is 5.16. The van der Waals surface area contributed by atoms with E-state index in [1.165, 1.54) is 6.07 Å². The lowest BCUT2D eigenvalue weighted by atomic mass is 10.1. The van der Waals surface area contributed by atoms with E-state index in [4.69, 9.17) is 5.11 Å². The number of carbonyl (C=O) groups is 3. The van der Waals surface area contributed by atoms with E-state index in [0.717, 1.165) is 26.2 Å². The zero-order valence-electron chi connectivity index (χ0n) is 12.7. The molecular weight excluding hydrogens is 300 g/mol. The molecule has 1 saturated heterocycles. The molecule has 0 spiro atoms. The van der Waals surface area contributed by atoms with Gasteiger partial charge in [-0.05, 0) is 18.2 Å². The molecule has 0 bridgehead atoms. The molecule has 1 fully saturated rings. The van der Waals surface area contributed by atoms with Crippen LogP contribution in [0, 0.1) is 0 Å². The Kier molecular flexibility index (Phi) is 6.07. The smallest absolute Gasteiger partial charge is 0.305 e. The summed E-state index contributed by atoms with van der Waals surface area (Å²) in [5.41, 5.74) is 3.51. The zero-order valence-corrected chi connectivity index (χ0v) is 12.7.